The van der Waals surface area contributed by atoms with Crippen molar-refractivity contribution in [3.05, 3.63) is 59.2 Å². The molecule has 1 saturated heterocycles. The minimum Gasteiger partial charge on any atom is -0.465 e. The highest BCUT2D eigenvalue weighted by atomic mass is 32.2. The summed E-state index contributed by atoms with van der Waals surface area (Å²) in [5, 5.41) is 2.85. The van der Waals surface area contributed by atoms with Crippen LogP contribution < -0.4 is 5.32 Å². The van der Waals surface area contributed by atoms with Gasteiger partial charge in [-0.05, 0) is 56.5 Å². The van der Waals surface area contributed by atoms with Crippen LogP contribution in [0.1, 0.15) is 34.3 Å². The van der Waals surface area contributed by atoms with Crippen molar-refractivity contribution >= 4 is 27.6 Å². The average Bonchev–Trinajstić information content (AvgIpc) is 2.75. The number of sulfonamides is 1. The summed E-state index contributed by atoms with van der Waals surface area (Å²) < 4.78 is 32.1. The van der Waals surface area contributed by atoms with Gasteiger partial charge in [0.05, 0.1) is 23.5 Å². The summed E-state index contributed by atoms with van der Waals surface area (Å²) in [6.45, 7) is 4.23. The van der Waals surface area contributed by atoms with Crippen LogP contribution in [0.25, 0.3) is 0 Å². The number of rotatable bonds is 5. The zero-order valence-corrected chi connectivity index (χ0v) is 18.2. The van der Waals surface area contributed by atoms with Crippen LogP contribution in [0.3, 0.4) is 0 Å². The Hall–Kier alpha value is -2.71. The first-order valence-electron chi connectivity index (χ1n) is 9.79. The number of hydrogen-bond acceptors (Lipinski definition) is 5. The molecule has 0 radical (unpaired) electrons. The molecule has 0 bridgehead atoms. The van der Waals surface area contributed by atoms with Crippen LogP contribution in [0.5, 0.6) is 0 Å². The number of aryl methyl sites for hydroxylation is 2. The first-order valence-corrected chi connectivity index (χ1v) is 11.2. The fourth-order valence-corrected chi connectivity index (χ4v) is 4.99. The van der Waals surface area contributed by atoms with Gasteiger partial charge in [0.1, 0.15) is 0 Å². The summed E-state index contributed by atoms with van der Waals surface area (Å²) in [7, 11) is -2.36. The van der Waals surface area contributed by atoms with Crippen molar-refractivity contribution in [2.24, 2.45) is 5.92 Å². The Labute approximate surface area is 177 Å². The summed E-state index contributed by atoms with van der Waals surface area (Å²) in [5.74, 6) is -1.22. The van der Waals surface area contributed by atoms with Crippen LogP contribution in [0, 0.1) is 19.8 Å². The minimum absolute atomic E-state index is 0.123. The molecular formula is C22H26N2O5S. The van der Waals surface area contributed by atoms with Crippen molar-refractivity contribution in [2.75, 3.05) is 25.5 Å². The van der Waals surface area contributed by atoms with Gasteiger partial charge in [-0.2, -0.15) is 4.31 Å². The lowest BCUT2D eigenvalue weighted by molar-refractivity contribution is -0.120. The highest BCUT2D eigenvalue weighted by molar-refractivity contribution is 7.89. The normalized spacial score (nSPS) is 17.4. The number of esters is 1. The number of hydrogen-bond donors (Lipinski definition) is 1. The minimum atomic E-state index is -3.66. The van der Waals surface area contributed by atoms with Gasteiger partial charge in [-0.3, -0.25) is 4.79 Å². The number of benzene rings is 2. The summed E-state index contributed by atoms with van der Waals surface area (Å²) >= 11 is 0. The molecule has 1 amide bonds. The van der Waals surface area contributed by atoms with Gasteiger partial charge < -0.3 is 10.1 Å². The maximum absolute atomic E-state index is 13.0. The van der Waals surface area contributed by atoms with E-state index in [0.717, 1.165) is 11.1 Å². The zero-order chi connectivity index (χ0) is 21.9. The number of carbonyl (C=O) groups excluding carboxylic acids is 2. The number of nitrogens with one attached hydrogen (secondary N) is 1. The SMILES string of the molecule is COC(=O)c1ccc(C)c(NC(=O)C2CCCN(S(=O)(=O)c3ccc(C)cc3)C2)c1. The Morgan fingerprint density at radius 2 is 1.80 bits per heavy atom. The van der Waals surface area contributed by atoms with Gasteiger partial charge >= 0.3 is 5.97 Å². The Balaban J connectivity index is 1.75. The third-order valence-electron chi connectivity index (χ3n) is 5.33. The largest absolute Gasteiger partial charge is 0.465 e. The molecule has 1 heterocycles. The van der Waals surface area contributed by atoms with E-state index in [0.29, 0.717) is 30.6 Å². The van der Waals surface area contributed by atoms with E-state index in [-0.39, 0.29) is 17.3 Å². The molecule has 3 rings (SSSR count). The van der Waals surface area contributed by atoms with Gasteiger partial charge in [0.25, 0.3) is 0 Å². The highest BCUT2D eigenvalue weighted by Gasteiger charge is 2.33. The van der Waals surface area contributed by atoms with Crippen molar-refractivity contribution in [2.45, 2.75) is 31.6 Å². The molecule has 0 aliphatic carbocycles. The van der Waals surface area contributed by atoms with E-state index >= 15 is 0 Å². The fourth-order valence-electron chi connectivity index (χ4n) is 3.47. The standard InChI is InChI=1S/C22H26N2O5S/c1-15-6-10-19(11-7-15)30(27,28)24-12-4-5-18(14-24)21(25)23-20-13-17(22(26)29-3)9-8-16(20)2/h6-11,13,18H,4-5,12,14H2,1-3H3,(H,23,25). The Morgan fingerprint density at radius 3 is 2.47 bits per heavy atom. The van der Waals surface area contributed by atoms with Gasteiger partial charge in [0.2, 0.25) is 15.9 Å². The molecule has 1 N–H and O–H groups in total. The van der Waals surface area contributed by atoms with E-state index in [1.165, 1.54) is 11.4 Å². The lowest BCUT2D eigenvalue weighted by Crippen LogP contribution is -2.43. The van der Waals surface area contributed by atoms with Crippen molar-refractivity contribution in [3.63, 3.8) is 0 Å². The molecular weight excluding hydrogens is 404 g/mol. The van der Waals surface area contributed by atoms with E-state index in [4.69, 9.17) is 4.74 Å². The van der Waals surface area contributed by atoms with Crippen LogP contribution in [0.2, 0.25) is 0 Å². The number of piperidine rings is 1. The molecule has 0 saturated carbocycles. The van der Waals surface area contributed by atoms with E-state index in [1.807, 2.05) is 13.8 Å². The first kappa shape index (κ1) is 22.0. The molecule has 1 fully saturated rings. The first-order chi connectivity index (χ1) is 14.2. The van der Waals surface area contributed by atoms with Gasteiger partial charge in [0.15, 0.2) is 0 Å². The number of anilines is 1. The summed E-state index contributed by atoms with van der Waals surface area (Å²) in [5.41, 5.74) is 2.64. The van der Waals surface area contributed by atoms with Gasteiger partial charge in [-0.1, -0.05) is 23.8 Å². The number of nitrogens with zero attached hydrogens (tertiary/aromatic N) is 1. The smallest absolute Gasteiger partial charge is 0.337 e. The van der Waals surface area contributed by atoms with Crippen molar-refractivity contribution in [1.29, 1.82) is 0 Å². The number of methoxy groups -OCH3 is 1. The maximum Gasteiger partial charge on any atom is 0.337 e. The summed E-state index contributed by atoms with van der Waals surface area (Å²) in [6, 6.07) is 11.6. The Kier molecular flexibility index (Phi) is 6.58. The van der Waals surface area contributed by atoms with E-state index in [9.17, 15) is 18.0 Å². The topological polar surface area (TPSA) is 92.8 Å². The molecule has 1 atom stereocenters. The second-order valence-corrected chi connectivity index (χ2v) is 9.46. The molecule has 0 aromatic heterocycles. The predicted octanol–water partition coefficient (Wildman–Crippen LogP) is 3.13. The number of carbonyl (C=O) groups is 2. The lowest BCUT2D eigenvalue weighted by Gasteiger charge is -2.31. The average molecular weight is 431 g/mol. The molecule has 30 heavy (non-hydrogen) atoms. The van der Waals surface area contributed by atoms with Crippen LogP contribution in [-0.4, -0.2) is 44.8 Å². The molecule has 2 aromatic carbocycles. The second kappa shape index (κ2) is 8.97. The molecule has 8 heteroatoms. The summed E-state index contributed by atoms with van der Waals surface area (Å²) in [4.78, 5) is 24.9. The van der Waals surface area contributed by atoms with E-state index in [2.05, 4.69) is 5.32 Å². The van der Waals surface area contributed by atoms with E-state index < -0.39 is 21.9 Å². The molecule has 7 nitrogen and oxygen atoms in total. The Morgan fingerprint density at radius 1 is 1.10 bits per heavy atom. The van der Waals surface area contributed by atoms with Crippen LogP contribution in [0.15, 0.2) is 47.4 Å². The summed E-state index contributed by atoms with van der Waals surface area (Å²) in [6.07, 6.45) is 1.20. The molecule has 2 aromatic rings. The van der Waals surface area contributed by atoms with Gasteiger partial charge in [0, 0.05) is 18.8 Å². The maximum atomic E-state index is 13.0. The third-order valence-corrected chi connectivity index (χ3v) is 7.21. The van der Waals surface area contributed by atoms with Crippen molar-refractivity contribution in [3.8, 4) is 0 Å². The van der Waals surface area contributed by atoms with Crippen LogP contribution in [0.4, 0.5) is 5.69 Å². The van der Waals surface area contributed by atoms with Gasteiger partial charge in [-0.15, -0.1) is 0 Å². The molecule has 1 aliphatic rings. The Bertz CT molecular complexity index is 1050. The number of amides is 1. The molecule has 1 aliphatic heterocycles. The molecule has 0 spiro atoms. The lowest BCUT2D eigenvalue weighted by atomic mass is 9.98. The monoisotopic (exact) mass is 430 g/mol. The quantitative estimate of drug-likeness (QED) is 0.736. The fraction of sp³-hybridized carbons (Fsp3) is 0.364. The van der Waals surface area contributed by atoms with Crippen molar-refractivity contribution in [1.82, 2.24) is 4.31 Å². The molecule has 1 unspecified atom stereocenters. The van der Waals surface area contributed by atoms with E-state index in [1.54, 1.807) is 42.5 Å². The third kappa shape index (κ3) is 4.71. The van der Waals surface area contributed by atoms with Crippen LogP contribution >= 0.6 is 0 Å². The highest BCUT2D eigenvalue weighted by Crippen LogP contribution is 2.26. The van der Waals surface area contributed by atoms with Gasteiger partial charge in [-0.25, -0.2) is 13.2 Å². The second-order valence-electron chi connectivity index (χ2n) is 7.53. The number of ether oxygens (including phenoxy) is 1. The molecule has 160 valence electrons. The zero-order valence-electron chi connectivity index (χ0n) is 17.3. The van der Waals surface area contributed by atoms with Crippen LogP contribution in [-0.2, 0) is 19.6 Å². The van der Waals surface area contributed by atoms with Crippen molar-refractivity contribution < 1.29 is 22.7 Å². The predicted molar refractivity (Wildman–Crippen MR) is 114 cm³/mol.